The highest BCUT2D eigenvalue weighted by molar-refractivity contribution is 7.92. The lowest BCUT2D eigenvalue weighted by atomic mass is 10.1. The molecule has 0 aliphatic heterocycles. The Kier molecular flexibility index (Phi) is 6.68. The van der Waals surface area contributed by atoms with Gasteiger partial charge in [-0.2, -0.15) is 0 Å². The Morgan fingerprint density at radius 2 is 1.43 bits per heavy atom. The van der Waals surface area contributed by atoms with Crippen molar-refractivity contribution in [3.63, 3.8) is 0 Å². The normalized spacial score (nSPS) is 11.0. The summed E-state index contributed by atoms with van der Waals surface area (Å²) in [7, 11) is -4.32. The summed E-state index contributed by atoms with van der Waals surface area (Å²) < 4.78 is 63.2. The second kappa shape index (κ2) is 8.79. The monoisotopic (exact) mass is 413 g/mol. The number of ether oxygens (including phenoxy) is 2. The molecule has 0 amide bonds. The topological polar surface area (TPSA) is 98.8 Å². The minimum Gasteiger partial charge on any atom is -0.462 e. The van der Waals surface area contributed by atoms with E-state index in [1.54, 1.807) is 13.8 Å². The lowest BCUT2D eigenvalue weighted by Crippen LogP contribution is -2.16. The maximum atomic E-state index is 13.4. The Morgan fingerprint density at radius 1 is 0.893 bits per heavy atom. The van der Waals surface area contributed by atoms with Gasteiger partial charge in [0.1, 0.15) is 0 Å². The van der Waals surface area contributed by atoms with Gasteiger partial charge in [0.15, 0.2) is 11.6 Å². The fraction of sp³-hybridized carbons (Fsp3) is 0.222. The summed E-state index contributed by atoms with van der Waals surface area (Å²) in [4.78, 5) is 23.5. The average molecular weight is 413 g/mol. The van der Waals surface area contributed by atoms with Gasteiger partial charge in [-0.15, -0.1) is 0 Å². The quantitative estimate of drug-likeness (QED) is 0.701. The van der Waals surface area contributed by atoms with Crippen molar-refractivity contribution in [2.24, 2.45) is 0 Å². The van der Waals surface area contributed by atoms with Crippen LogP contribution in [-0.2, 0) is 19.5 Å². The number of nitrogens with one attached hydrogen (secondary N) is 1. The maximum Gasteiger partial charge on any atom is 0.338 e. The molecule has 0 heterocycles. The van der Waals surface area contributed by atoms with Gasteiger partial charge in [0.05, 0.1) is 34.9 Å². The number of esters is 2. The minimum absolute atomic E-state index is 0.0678. The molecule has 0 spiro atoms. The van der Waals surface area contributed by atoms with Gasteiger partial charge in [-0.1, -0.05) is 0 Å². The standard InChI is InChI=1S/C18H17F2NO6S/c1-3-26-17(22)11-7-12(18(23)27-4-2)9-13(8-11)21-28(24,25)14-5-6-15(19)16(20)10-14/h5-10,21H,3-4H2,1-2H3. The third kappa shape index (κ3) is 5.03. The van der Waals surface area contributed by atoms with Crippen molar-refractivity contribution in [2.45, 2.75) is 18.7 Å². The molecule has 0 saturated heterocycles. The number of halogens is 2. The molecule has 2 aromatic carbocycles. The Labute approximate surface area is 160 Å². The zero-order valence-corrected chi connectivity index (χ0v) is 15.8. The van der Waals surface area contributed by atoms with Gasteiger partial charge < -0.3 is 9.47 Å². The van der Waals surface area contributed by atoms with Gasteiger partial charge in [0.25, 0.3) is 10.0 Å². The summed E-state index contributed by atoms with van der Waals surface area (Å²) >= 11 is 0. The molecule has 28 heavy (non-hydrogen) atoms. The summed E-state index contributed by atoms with van der Waals surface area (Å²) in [5.41, 5.74) is -0.330. The van der Waals surface area contributed by atoms with Crippen molar-refractivity contribution in [2.75, 3.05) is 17.9 Å². The van der Waals surface area contributed by atoms with Crippen LogP contribution in [-0.4, -0.2) is 33.6 Å². The van der Waals surface area contributed by atoms with Crippen LogP contribution in [0.5, 0.6) is 0 Å². The Balaban J connectivity index is 2.46. The predicted octanol–water partition coefficient (Wildman–Crippen LogP) is 3.12. The van der Waals surface area contributed by atoms with E-state index < -0.39 is 38.5 Å². The molecule has 10 heteroatoms. The SMILES string of the molecule is CCOC(=O)c1cc(NS(=O)(=O)c2ccc(F)c(F)c2)cc(C(=O)OCC)c1. The van der Waals surface area contributed by atoms with E-state index >= 15 is 0 Å². The van der Waals surface area contributed by atoms with Gasteiger partial charge in [-0.3, -0.25) is 4.72 Å². The van der Waals surface area contributed by atoms with E-state index in [4.69, 9.17) is 9.47 Å². The molecule has 0 radical (unpaired) electrons. The molecule has 0 atom stereocenters. The van der Waals surface area contributed by atoms with Crippen LogP contribution in [0.2, 0.25) is 0 Å². The van der Waals surface area contributed by atoms with Crippen LogP contribution in [0.4, 0.5) is 14.5 Å². The summed E-state index contributed by atoms with van der Waals surface area (Å²) in [5, 5.41) is 0. The summed E-state index contributed by atoms with van der Waals surface area (Å²) in [6.45, 7) is 3.30. The first-order valence-corrected chi connectivity index (χ1v) is 9.63. The van der Waals surface area contributed by atoms with Crippen molar-refractivity contribution >= 4 is 27.6 Å². The van der Waals surface area contributed by atoms with Crippen LogP contribution < -0.4 is 4.72 Å². The third-order valence-electron chi connectivity index (χ3n) is 3.41. The van der Waals surface area contributed by atoms with E-state index in [0.29, 0.717) is 12.1 Å². The third-order valence-corrected chi connectivity index (χ3v) is 4.79. The second-order valence-corrected chi connectivity index (χ2v) is 7.10. The van der Waals surface area contributed by atoms with E-state index in [-0.39, 0.29) is 30.0 Å². The number of carbonyl (C=O) groups excluding carboxylic acids is 2. The molecule has 0 unspecified atom stereocenters. The second-order valence-electron chi connectivity index (χ2n) is 5.42. The van der Waals surface area contributed by atoms with Gasteiger partial charge >= 0.3 is 11.9 Å². The molecule has 0 aliphatic rings. The first-order chi connectivity index (χ1) is 13.2. The lowest BCUT2D eigenvalue weighted by Gasteiger charge is -2.12. The van der Waals surface area contributed by atoms with Gasteiger partial charge in [-0.25, -0.2) is 26.8 Å². The molecule has 1 N–H and O–H groups in total. The van der Waals surface area contributed by atoms with Crippen LogP contribution in [0, 0.1) is 11.6 Å². The Hall–Kier alpha value is -3.01. The van der Waals surface area contributed by atoms with Crippen molar-refractivity contribution in [3.8, 4) is 0 Å². The van der Waals surface area contributed by atoms with E-state index in [1.165, 1.54) is 6.07 Å². The summed E-state index contributed by atoms with van der Waals surface area (Å²) in [5.74, 6) is -4.09. The number of sulfonamides is 1. The Morgan fingerprint density at radius 3 is 1.89 bits per heavy atom. The highest BCUT2D eigenvalue weighted by Gasteiger charge is 2.20. The van der Waals surface area contributed by atoms with Crippen molar-refractivity contribution in [1.29, 1.82) is 0 Å². The van der Waals surface area contributed by atoms with Crippen LogP contribution in [0.25, 0.3) is 0 Å². The predicted molar refractivity (Wildman–Crippen MR) is 95.5 cm³/mol. The first-order valence-electron chi connectivity index (χ1n) is 8.15. The van der Waals surface area contributed by atoms with E-state index in [0.717, 1.165) is 18.2 Å². The smallest absolute Gasteiger partial charge is 0.338 e. The lowest BCUT2D eigenvalue weighted by molar-refractivity contribution is 0.0525. The van der Waals surface area contributed by atoms with Gasteiger partial charge in [-0.05, 0) is 50.2 Å². The van der Waals surface area contributed by atoms with Gasteiger partial charge in [0, 0.05) is 0 Å². The molecule has 0 aromatic heterocycles. The largest absolute Gasteiger partial charge is 0.462 e. The average Bonchev–Trinajstić information content (AvgIpc) is 2.63. The van der Waals surface area contributed by atoms with Crippen LogP contribution >= 0.6 is 0 Å². The molecule has 7 nitrogen and oxygen atoms in total. The minimum atomic E-state index is -4.32. The molecule has 0 aliphatic carbocycles. The zero-order chi connectivity index (χ0) is 20.9. The van der Waals surface area contributed by atoms with Crippen LogP contribution in [0.15, 0.2) is 41.3 Å². The van der Waals surface area contributed by atoms with E-state index in [2.05, 4.69) is 4.72 Å². The van der Waals surface area contributed by atoms with Crippen molar-refractivity contribution < 1.29 is 36.3 Å². The molecule has 2 aromatic rings. The molecule has 150 valence electrons. The first kappa shape index (κ1) is 21.3. The zero-order valence-electron chi connectivity index (χ0n) is 15.0. The fourth-order valence-electron chi connectivity index (χ4n) is 2.21. The molecule has 0 fully saturated rings. The maximum absolute atomic E-state index is 13.4. The molecule has 0 bridgehead atoms. The fourth-order valence-corrected chi connectivity index (χ4v) is 3.26. The van der Waals surface area contributed by atoms with E-state index in [9.17, 15) is 26.8 Å². The molecule has 2 rings (SSSR count). The van der Waals surface area contributed by atoms with E-state index in [1.807, 2.05) is 0 Å². The van der Waals surface area contributed by atoms with Crippen molar-refractivity contribution in [1.82, 2.24) is 0 Å². The van der Waals surface area contributed by atoms with Crippen molar-refractivity contribution in [3.05, 3.63) is 59.2 Å². The summed E-state index contributed by atoms with van der Waals surface area (Å²) in [6.07, 6.45) is 0. The number of hydrogen-bond donors (Lipinski definition) is 1. The Bertz CT molecular complexity index is 971. The number of anilines is 1. The van der Waals surface area contributed by atoms with Gasteiger partial charge in [0.2, 0.25) is 0 Å². The number of benzene rings is 2. The molecule has 0 saturated carbocycles. The number of carbonyl (C=O) groups is 2. The highest BCUT2D eigenvalue weighted by Crippen LogP contribution is 2.22. The van der Waals surface area contributed by atoms with Crippen LogP contribution in [0.3, 0.4) is 0 Å². The number of hydrogen-bond acceptors (Lipinski definition) is 6. The molecular weight excluding hydrogens is 396 g/mol. The highest BCUT2D eigenvalue weighted by atomic mass is 32.2. The summed E-state index contributed by atoms with van der Waals surface area (Å²) in [6, 6.07) is 5.56. The number of rotatable bonds is 7. The molecular formula is C18H17F2NO6S. The van der Waals surface area contributed by atoms with Crippen LogP contribution in [0.1, 0.15) is 34.6 Å².